The smallest absolute Gasteiger partial charge is 0.424 e. The van der Waals surface area contributed by atoms with Crippen molar-refractivity contribution in [2.75, 3.05) is 6.54 Å². The Morgan fingerprint density at radius 3 is 2.70 bits per heavy atom. The first kappa shape index (κ1) is 19.7. The lowest BCUT2D eigenvalue weighted by molar-refractivity contribution is -0.272. The number of fused-ring (bicyclic) bond motifs is 1. The molecular weight excluding hydrogens is 359 g/mol. The zero-order chi connectivity index (χ0) is 19.9. The monoisotopic (exact) mass is 383 g/mol. The molecule has 0 saturated carbocycles. The topological polar surface area (TPSA) is 59.3 Å². The third-order valence-corrected chi connectivity index (χ3v) is 4.78. The fraction of sp³-hybridized carbons (Fsp3) is 0.526. The van der Waals surface area contributed by atoms with E-state index < -0.39 is 24.0 Å². The molecule has 0 fully saturated rings. The zero-order valence-electron chi connectivity index (χ0n) is 15.6. The Labute approximate surface area is 156 Å². The molecule has 2 aromatic rings. The summed E-state index contributed by atoms with van der Waals surface area (Å²) in [6.45, 7) is 4.42. The number of hydrogen-bond donors (Lipinski definition) is 2. The Morgan fingerprint density at radius 1 is 1.33 bits per heavy atom. The lowest BCUT2D eigenvalue weighted by atomic mass is 9.97. The summed E-state index contributed by atoms with van der Waals surface area (Å²) in [6, 6.07) is 5.79. The number of benzene rings is 1. The summed E-state index contributed by atoms with van der Waals surface area (Å²) in [5.41, 5.74) is -1.17. The predicted molar refractivity (Wildman–Crippen MR) is 94.3 cm³/mol. The molecule has 5 nitrogen and oxygen atoms in total. The average molecular weight is 383 g/mol. The zero-order valence-corrected chi connectivity index (χ0v) is 15.6. The van der Waals surface area contributed by atoms with Crippen LogP contribution in [0.4, 0.5) is 13.2 Å². The number of aryl methyl sites for hydroxylation is 1. The molecule has 1 aromatic carbocycles. The van der Waals surface area contributed by atoms with Crippen LogP contribution in [0.1, 0.15) is 37.2 Å². The fourth-order valence-corrected chi connectivity index (χ4v) is 3.42. The maximum absolute atomic E-state index is 13.5. The maximum Gasteiger partial charge on any atom is 0.424 e. The standard InChI is InChI=1S/C19H24F3N3O2/c1-17(2)11-14-10-13(4-5-15(14)27-17)12-23-7-6-18(26,19(20,21)22)16-24-8-9-25(16)3/h4-5,8-10,23,26H,6-7,11-12H2,1-3H3/t18-/m0/s1. The molecule has 1 aromatic heterocycles. The second kappa shape index (κ2) is 6.83. The summed E-state index contributed by atoms with van der Waals surface area (Å²) < 4.78 is 47.4. The van der Waals surface area contributed by atoms with Gasteiger partial charge in [-0.15, -0.1) is 0 Å². The molecule has 1 atom stereocenters. The number of nitrogens with zero attached hydrogens (tertiary/aromatic N) is 2. The molecule has 148 valence electrons. The first-order valence-electron chi connectivity index (χ1n) is 8.80. The van der Waals surface area contributed by atoms with Crippen molar-refractivity contribution in [1.29, 1.82) is 0 Å². The number of rotatable bonds is 6. The Kier molecular flexibility index (Phi) is 4.98. The number of nitrogens with one attached hydrogen (secondary N) is 1. The molecule has 3 rings (SSSR count). The van der Waals surface area contributed by atoms with Crippen molar-refractivity contribution in [1.82, 2.24) is 14.9 Å². The van der Waals surface area contributed by atoms with E-state index in [-0.39, 0.29) is 12.1 Å². The molecule has 2 heterocycles. The molecule has 27 heavy (non-hydrogen) atoms. The molecule has 2 N–H and O–H groups in total. The van der Waals surface area contributed by atoms with Gasteiger partial charge < -0.3 is 19.7 Å². The lowest BCUT2D eigenvalue weighted by Gasteiger charge is -2.30. The number of alkyl halides is 3. The largest absolute Gasteiger partial charge is 0.487 e. The van der Waals surface area contributed by atoms with E-state index in [2.05, 4.69) is 10.3 Å². The molecule has 0 saturated heterocycles. The Hall–Kier alpha value is -2.06. The van der Waals surface area contributed by atoms with Crippen molar-refractivity contribution in [2.45, 2.75) is 50.6 Å². The number of imidazole rings is 1. The van der Waals surface area contributed by atoms with Gasteiger partial charge in [-0.1, -0.05) is 12.1 Å². The highest BCUT2D eigenvalue weighted by Gasteiger charge is 2.56. The van der Waals surface area contributed by atoms with Crippen LogP contribution in [-0.4, -0.2) is 33.0 Å². The molecule has 1 aliphatic rings. The summed E-state index contributed by atoms with van der Waals surface area (Å²) in [5, 5.41) is 13.3. The number of halogens is 3. The second-order valence-corrected chi connectivity index (χ2v) is 7.63. The number of aromatic nitrogens is 2. The molecule has 0 aliphatic carbocycles. The van der Waals surface area contributed by atoms with Crippen LogP contribution in [0.15, 0.2) is 30.6 Å². The SMILES string of the molecule is Cn1ccnc1[C@@](O)(CCNCc1ccc2c(c1)CC(C)(C)O2)C(F)(F)F. The minimum Gasteiger partial charge on any atom is -0.487 e. The third kappa shape index (κ3) is 3.96. The van der Waals surface area contributed by atoms with Gasteiger partial charge in [-0.25, -0.2) is 4.98 Å². The lowest BCUT2D eigenvalue weighted by Crippen LogP contribution is -2.46. The van der Waals surface area contributed by atoms with E-state index in [4.69, 9.17) is 4.74 Å². The van der Waals surface area contributed by atoms with Gasteiger partial charge in [-0.2, -0.15) is 13.2 Å². The van der Waals surface area contributed by atoms with E-state index in [0.29, 0.717) is 6.54 Å². The van der Waals surface area contributed by atoms with Crippen molar-refractivity contribution in [2.24, 2.45) is 7.05 Å². The molecule has 1 aliphatic heterocycles. The molecule has 8 heteroatoms. The minimum atomic E-state index is -4.82. The van der Waals surface area contributed by atoms with E-state index >= 15 is 0 Å². The maximum atomic E-state index is 13.5. The van der Waals surface area contributed by atoms with Crippen molar-refractivity contribution in [3.05, 3.63) is 47.5 Å². The predicted octanol–water partition coefficient (Wildman–Crippen LogP) is 3.06. The summed E-state index contributed by atoms with van der Waals surface area (Å²) in [6.07, 6.45) is -1.92. The van der Waals surface area contributed by atoms with Crippen LogP contribution in [0.2, 0.25) is 0 Å². The summed E-state index contributed by atoms with van der Waals surface area (Å²) >= 11 is 0. The van der Waals surface area contributed by atoms with E-state index in [0.717, 1.165) is 23.3 Å². The van der Waals surface area contributed by atoms with Crippen molar-refractivity contribution < 1.29 is 23.0 Å². The third-order valence-electron chi connectivity index (χ3n) is 4.78. The Morgan fingerprint density at radius 2 is 2.07 bits per heavy atom. The van der Waals surface area contributed by atoms with Crippen LogP contribution >= 0.6 is 0 Å². The van der Waals surface area contributed by atoms with Gasteiger partial charge in [0, 0.05) is 38.8 Å². The summed E-state index contributed by atoms with van der Waals surface area (Å²) in [4.78, 5) is 3.70. The van der Waals surface area contributed by atoms with Gasteiger partial charge in [0.25, 0.3) is 0 Å². The van der Waals surface area contributed by atoms with Gasteiger partial charge in [-0.3, -0.25) is 0 Å². The first-order chi connectivity index (χ1) is 12.5. The molecule has 0 spiro atoms. The Bertz CT molecular complexity index is 817. The number of aliphatic hydroxyl groups is 1. The van der Waals surface area contributed by atoms with Crippen LogP contribution < -0.4 is 10.1 Å². The molecule has 0 unspecified atom stereocenters. The van der Waals surface area contributed by atoms with Crippen LogP contribution in [0.25, 0.3) is 0 Å². The molecular formula is C19H24F3N3O2. The van der Waals surface area contributed by atoms with Crippen LogP contribution in [-0.2, 0) is 25.6 Å². The van der Waals surface area contributed by atoms with E-state index in [1.807, 2.05) is 32.0 Å². The van der Waals surface area contributed by atoms with Gasteiger partial charge in [0.05, 0.1) is 0 Å². The average Bonchev–Trinajstić information content (AvgIpc) is 3.11. The van der Waals surface area contributed by atoms with Crippen molar-refractivity contribution >= 4 is 0 Å². The van der Waals surface area contributed by atoms with Gasteiger partial charge >= 0.3 is 6.18 Å². The van der Waals surface area contributed by atoms with E-state index in [9.17, 15) is 18.3 Å². The highest BCUT2D eigenvalue weighted by atomic mass is 19.4. The molecule has 0 amide bonds. The van der Waals surface area contributed by atoms with Gasteiger partial charge in [0.15, 0.2) is 0 Å². The number of ether oxygens (including phenoxy) is 1. The summed E-state index contributed by atoms with van der Waals surface area (Å²) in [5.74, 6) is 0.443. The fourth-order valence-electron chi connectivity index (χ4n) is 3.42. The van der Waals surface area contributed by atoms with Crippen LogP contribution in [0, 0.1) is 0 Å². The number of hydrogen-bond acceptors (Lipinski definition) is 4. The Balaban J connectivity index is 1.62. The van der Waals surface area contributed by atoms with Crippen molar-refractivity contribution in [3.8, 4) is 5.75 Å². The summed E-state index contributed by atoms with van der Waals surface area (Å²) in [7, 11) is 1.43. The van der Waals surface area contributed by atoms with E-state index in [1.165, 1.54) is 24.0 Å². The van der Waals surface area contributed by atoms with Gasteiger partial charge in [0.1, 0.15) is 17.2 Å². The van der Waals surface area contributed by atoms with Crippen molar-refractivity contribution in [3.63, 3.8) is 0 Å². The minimum absolute atomic E-state index is 0.0120. The molecule has 0 bridgehead atoms. The van der Waals surface area contributed by atoms with Gasteiger partial charge in [0.2, 0.25) is 5.60 Å². The van der Waals surface area contributed by atoms with Crippen LogP contribution in [0.5, 0.6) is 5.75 Å². The van der Waals surface area contributed by atoms with Gasteiger partial charge in [-0.05, 0) is 37.6 Å². The second-order valence-electron chi connectivity index (χ2n) is 7.63. The normalized spacial score (nSPS) is 18.0. The van der Waals surface area contributed by atoms with Crippen LogP contribution in [0.3, 0.4) is 0 Å². The van der Waals surface area contributed by atoms with E-state index in [1.54, 1.807) is 0 Å². The quantitative estimate of drug-likeness (QED) is 0.753. The first-order valence-corrected chi connectivity index (χ1v) is 8.80. The highest BCUT2D eigenvalue weighted by Crippen LogP contribution is 2.40. The highest BCUT2D eigenvalue weighted by molar-refractivity contribution is 5.41. The molecule has 0 radical (unpaired) electrons.